The average Bonchev–Trinajstić information content (AvgIpc) is 2.56. The standard InChI is InChI=1S/C9H8BrN3S/c1-5-2-3-7(10)6(4-5)8-12-9(11)13-14-8/h2-4H,1H3,(H2,11,13). The maximum absolute atomic E-state index is 5.48. The van der Waals surface area contributed by atoms with Crippen molar-refractivity contribution in [3.63, 3.8) is 0 Å². The topological polar surface area (TPSA) is 51.8 Å². The summed E-state index contributed by atoms with van der Waals surface area (Å²) in [6.07, 6.45) is 0. The molecule has 0 aliphatic carbocycles. The number of anilines is 1. The van der Waals surface area contributed by atoms with Crippen molar-refractivity contribution in [1.29, 1.82) is 0 Å². The molecule has 1 heterocycles. The van der Waals surface area contributed by atoms with E-state index in [1.807, 2.05) is 19.1 Å². The Morgan fingerprint density at radius 2 is 2.21 bits per heavy atom. The molecule has 2 N–H and O–H groups in total. The lowest BCUT2D eigenvalue weighted by atomic mass is 10.1. The van der Waals surface area contributed by atoms with Crippen molar-refractivity contribution in [2.45, 2.75) is 6.92 Å². The molecule has 14 heavy (non-hydrogen) atoms. The van der Waals surface area contributed by atoms with Gasteiger partial charge in [-0.25, -0.2) is 0 Å². The molecule has 1 aromatic carbocycles. The fourth-order valence-electron chi connectivity index (χ4n) is 1.15. The van der Waals surface area contributed by atoms with Crippen LogP contribution in [-0.4, -0.2) is 9.36 Å². The number of nitrogens with two attached hydrogens (primary N) is 1. The van der Waals surface area contributed by atoms with Crippen molar-refractivity contribution in [2.24, 2.45) is 0 Å². The average molecular weight is 270 g/mol. The van der Waals surface area contributed by atoms with Gasteiger partial charge in [-0.1, -0.05) is 27.6 Å². The lowest BCUT2D eigenvalue weighted by Gasteiger charge is -2.00. The van der Waals surface area contributed by atoms with E-state index >= 15 is 0 Å². The quantitative estimate of drug-likeness (QED) is 0.866. The van der Waals surface area contributed by atoms with E-state index in [0.717, 1.165) is 15.0 Å². The summed E-state index contributed by atoms with van der Waals surface area (Å²) in [5.41, 5.74) is 7.71. The molecule has 0 aliphatic rings. The molecule has 0 spiro atoms. The van der Waals surface area contributed by atoms with Gasteiger partial charge in [0, 0.05) is 10.0 Å². The van der Waals surface area contributed by atoms with E-state index in [-0.39, 0.29) is 0 Å². The Morgan fingerprint density at radius 3 is 2.86 bits per heavy atom. The molecular weight excluding hydrogens is 262 g/mol. The van der Waals surface area contributed by atoms with Gasteiger partial charge in [0.1, 0.15) is 5.01 Å². The molecule has 0 saturated heterocycles. The van der Waals surface area contributed by atoms with E-state index in [9.17, 15) is 0 Å². The van der Waals surface area contributed by atoms with E-state index in [1.165, 1.54) is 17.1 Å². The maximum atomic E-state index is 5.48. The number of hydrogen-bond acceptors (Lipinski definition) is 4. The molecule has 0 atom stereocenters. The number of nitrogens with zero attached hydrogens (tertiary/aromatic N) is 2. The van der Waals surface area contributed by atoms with Gasteiger partial charge in [0.2, 0.25) is 5.95 Å². The van der Waals surface area contributed by atoms with E-state index in [1.54, 1.807) is 0 Å². The molecule has 0 saturated carbocycles. The van der Waals surface area contributed by atoms with Crippen molar-refractivity contribution >= 4 is 33.4 Å². The minimum absolute atomic E-state index is 0.332. The van der Waals surface area contributed by atoms with Crippen LogP contribution in [0.25, 0.3) is 10.6 Å². The van der Waals surface area contributed by atoms with Gasteiger partial charge in [0.15, 0.2) is 0 Å². The first-order valence-electron chi connectivity index (χ1n) is 4.02. The molecule has 1 aromatic heterocycles. The monoisotopic (exact) mass is 269 g/mol. The van der Waals surface area contributed by atoms with Crippen LogP contribution >= 0.6 is 27.5 Å². The molecule has 72 valence electrons. The maximum Gasteiger partial charge on any atom is 0.232 e. The molecule has 5 heteroatoms. The van der Waals surface area contributed by atoms with Gasteiger partial charge < -0.3 is 5.73 Å². The lowest BCUT2D eigenvalue weighted by Crippen LogP contribution is -1.86. The molecule has 0 amide bonds. The fraction of sp³-hybridized carbons (Fsp3) is 0.111. The zero-order chi connectivity index (χ0) is 10.1. The molecule has 2 aromatic rings. The SMILES string of the molecule is Cc1ccc(Br)c(-c2nc(N)ns2)c1. The van der Waals surface area contributed by atoms with Gasteiger partial charge in [0.05, 0.1) is 0 Å². The predicted octanol–water partition coefficient (Wildman–Crippen LogP) is 2.86. The van der Waals surface area contributed by atoms with Crippen molar-refractivity contribution in [2.75, 3.05) is 5.73 Å². The minimum Gasteiger partial charge on any atom is -0.367 e. The van der Waals surface area contributed by atoms with Gasteiger partial charge in [-0.3, -0.25) is 0 Å². The Morgan fingerprint density at radius 1 is 1.43 bits per heavy atom. The van der Waals surface area contributed by atoms with E-state index in [2.05, 4.69) is 31.4 Å². The van der Waals surface area contributed by atoms with Gasteiger partial charge in [0.25, 0.3) is 0 Å². The van der Waals surface area contributed by atoms with Crippen LogP contribution in [0, 0.1) is 6.92 Å². The summed E-state index contributed by atoms with van der Waals surface area (Å²) in [4.78, 5) is 4.14. The number of rotatable bonds is 1. The van der Waals surface area contributed by atoms with Gasteiger partial charge in [-0.05, 0) is 30.6 Å². The summed E-state index contributed by atoms with van der Waals surface area (Å²) in [5, 5.41) is 0.845. The number of nitrogen functional groups attached to an aromatic ring is 1. The number of aryl methyl sites for hydroxylation is 1. The molecule has 0 radical (unpaired) electrons. The van der Waals surface area contributed by atoms with Gasteiger partial charge in [-0.2, -0.15) is 9.36 Å². The zero-order valence-electron chi connectivity index (χ0n) is 7.49. The van der Waals surface area contributed by atoms with E-state index in [4.69, 9.17) is 5.73 Å². The second kappa shape index (κ2) is 3.67. The Hall–Kier alpha value is -0.940. The van der Waals surface area contributed by atoms with Crippen molar-refractivity contribution < 1.29 is 0 Å². The van der Waals surface area contributed by atoms with Gasteiger partial charge >= 0.3 is 0 Å². The van der Waals surface area contributed by atoms with Crippen LogP contribution in [-0.2, 0) is 0 Å². The number of hydrogen-bond donors (Lipinski definition) is 1. The summed E-state index contributed by atoms with van der Waals surface area (Å²) < 4.78 is 4.96. The summed E-state index contributed by atoms with van der Waals surface area (Å²) >= 11 is 4.78. The van der Waals surface area contributed by atoms with Crippen molar-refractivity contribution in [1.82, 2.24) is 9.36 Å². The van der Waals surface area contributed by atoms with Gasteiger partial charge in [-0.15, -0.1) is 0 Å². The highest BCUT2D eigenvalue weighted by atomic mass is 79.9. The highest BCUT2D eigenvalue weighted by molar-refractivity contribution is 9.10. The third kappa shape index (κ3) is 1.78. The molecule has 0 aliphatic heterocycles. The lowest BCUT2D eigenvalue weighted by molar-refractivity contribution is 1.33. The molecule has 2 rings (SSSR count). The van der Waals surface area contributed by atoms with Crippen LogP contribution in [0.2, 0.25) is 0 Å². The Bertz CT molecular complexity index is 467. The first kappa shape index (κ1) is 9.61. The molecule has 3 nitrogen and oxygen atoms in total. The third-order valence-corrected chi connectivity index (χ3v) is 3.25. The van der Waals surface area contributed by atoms with Crippen molar-refractivity contribution in [3.05, 3.63) is 28.2 Å². The molecule has 0 fully saturated rings. The second-order valence-corrected chi connectivity index (χ2v) is 4.55. The predicted molar refractivity (Wildman–Crippen MR) is 62.2 cm³/mol. The fourth-order valence-corrected chi connectivity index (χ4v) is 2.34. The highest BCUT2D eigenvalue weighted by Crippen LogP contribution is 2.30. The third-order valence-electron chi connectivity index (χ3n) is 1.79. The van der Waals surface area contributed by atoms with E-state index in [0.29, 0.717) is 5.95 Å². The largest absolute Gasteiger partial charge is 0.367 e. The van der Waals surface area contributed by atoms with Crippen LogP contribution < -0.4 is 5.73 Å². The Balaban J connectivity index is 2.55. The smallest absolute Gasteiger partial charge is 0.232 e. The summed E-state index contributed by atoms with van der Waals surface area (Å²) in [6.45, 7) is 2.04. The molecule has 0 bridgehead atoms. The molecule has 0 unspecified atom stereocenters. The molecular formula is C9H8BrN3S. The van der Waals surface area contributed by atoms with E-state index < -0.39 is 0 Å². The van der Waals surface area contributed by atoms with Crippen LogP contribution in [0.15, 0.2) is 22.7 Å². The normalized spacial score (nSPS) is 10.4. The first-order valence-corrected chi connectivity index (χ1v) is 5.59. The Labute approximate surface area is 94.3 Å². The Kier molecular flexibility index (Phi) is 2.52. The minimum atomic E-state index is 0.332. The van der Waals surface area contributed by atoms with Crippen molar-refractivity contribution in [3.8, 4) is 10.6 Å². The van der Waals surface area contributed by atoms with Crippen LogP contribution in [0.3, 0.4) is 0 Å². The number of aromatic nitrogens is 2. The zero-order valence-corrected chi connectivity index (χ0v) is 9.89. The first-order chi connectivity index (χ1) is 6.66. The summed E-state index contributed by atoms with van der Waals surface area (Å²) in [6, 6.07) is 6.10. The number of halogens is 1. The van der Waals surface area contributed by atoms with Crippen LogP contribution in [0.5, 0.6) is 0 Å². The second-order valence-electron chi connectivity index (χ2n) is 2.94. The summed E-state index contributed by atoms with van der Waals surface area (Å²) in [7, 11) is 0. The summed E-state index contributed by atoms with van der Waals surface area (Å²) in [5.74, 6) is 0.332. The van der Waals surface area contributed by atoms with Crippen LogP contribution in [0.4, 0.5) is 5.95 Å². The van der Waals surface area contributed by atoms with Crippen LogP contribution in [0.1, 0.15) is 5.56 Å². The number of benzene rings is 1. The highest BCUT2D eigenvalue weighted by Gasteiger charge is 2.08.